The van der Waals surface area contributed by atoms with Crippen molar-refractivity contribution in [1.29, 1.82) is 0 Å². The van der Waals surface area contributed by atoms with Crippen LogP contribution in [-0.4, -0.2) is 0 Å². The summed E-state index contributed by atoms with van der Waals surface area (Å²) in [6.07, 6.45) is 21.5. The molecule has 0 atom stereocenters. The summed E-state index contributed by atoms with van der Waals surface area (Å²) in [5.41, 5.74) is 0. The van der Waals surface area contributed by atoms with Crippen LogP contribution in [0.3, 0.4) is 0 Å². The van der Waals surface area contributed by atoms with Crippen LogP contribution in [0.25, 0.3) is 0 Å². The van der Waals surface area contributed by atoms with Crippen LogP contribution >= 0.6 is 0 Å². The molecular weight excluding hydrogens is 144 g/mol. The van der Waals surface area contributed by atoms with E-state index in [0.717, 1.165) is 6.42 Å². The van der Waals surface area contributed by atoms with E-state index in [9.17, 15) is 0 Å². The van der Waals surface area contributed by atoms with Crippen molar-refractivity contribution in [2.75, 3.05) is 0 Å². The highest BCUT2D eigenvalue weighted by Gasteiger charge is 1.84. The molecule has 0 N–H and O–H groups in total. The van der Waals surface area contributed by atoms with Crippen LogP contribution in [0.1, 0.15) is 32.1 Å². The van der Waals surface area contributed by atoms with Crippen LogP contribution < -0.4 is 0 Å². The van der Waals surface area contributed by atoms with Gasteiger partial charge in [-0.15, -0.1) is 0 Å². The number of hydrogen-bond acceptors (Lipinski definition) is 0. The first-order valence-corrected chi connectivity index (χ1v) is 4.80. The summed E-state index contributed by atoms with van der Waals surface area (Å²) in [7, 11) is 0. The summed E-state index contributed by atoms with van der Waals surface area (Å²) < 4.78 is 0. The van der Waals surface area contributed by atoms with Gasteiger partial charge in [0, 0.05) is 6.42 Å². The summed E-state index contributed by atoms with van der Waals surface area (Å²) in [6.45, 7) is 0. The summed E-state index contributed by atoms with van der Waals surface area (Å²) in [5, 5.41) is 0. The molecule has 0 aromatic carbocycles. The second-order valence-corrected chi connectivity index (χ2v) is 3.04. The van der Waals surface area contributed by atoms with Crippen molar-refractivity contribution in [2.24, 2.45) is 0 Å². The first-order chi connectivity index (χ1) is 6.00. The Hall–Kier alpha value is -0.780. The zero-order valence-corrected chi connectivity index (χ0v) is 7.58. The van der Waals surface area contributed by atoms with Gasteiger partial charge >= 0.3 is 0 Å². The minimum absolute atomic E-state index is 1.07. The molecule has 0 fully saturated rings. The van der Waals surface area contributed by atoms with Crippen LogP contribution in [0.4, 0.5) is 0 Å². The maximum absolute atomic E-state index is 2.29. The Balaban J connectivity index is 2.31. The molecule has 0 nitrogen and oxygen atoms in total. The van der Waals surface area contributed by atoms with Crippen LogP contribution in [0, 0.1) is 6.42 Å². The second kappa shape index (κ2) is 6.90. The number of allylic oxidation sites excluding steroid dienone is 6. The largest absolute Gasteiger partial charge is 0.0882 e. The second-order valence-electron chi connectivity index (χ2n) is 3.04. The molecule has 0 saturated carbocycles. The van der Waals surface area contributed by atoms with E-state index in [4.69, 9.17) is 0 Å². The molecule has 65 valence electrons. The Morgan fingerprint density at radius 1 is 0.667 bits per heavy atom. The molecule has 0 saturated heterocycles. The summed E-state index contributed by atoms with van der Waals surface area (Å²) >= 11 is 0. The lowest BCUT2D eigenvalue weighted by molar-refractivity contribution is 0.761. The fraction of sp³-hybridized carbons (Fsp3) is 0.417. The minimum atomic E-state index is 1.07. The topological polar surface area (TPSA) is 0 Å². The summed E-state index contributed by atoms with van der Waals surface area (Å²) in [6, 6.07) is 0. The smallest absolute Gasteiger partial charge is 0.00442 e. The SMILES string of the molecule is [CH]1/C=C/C/C=C\CCCC/C=C/1. The van der Waals surface area contributed by atoms with E-state index in [1.807, 2.05) is 0 Å². The molecule has 0 aromatic heterocycles. The van der Waals surface area contributed by atoms with Crippen LogP contribution in [-0.2, 0) is 0 Å². The van der Waals surface area contributed by atoms with Crippen molar-refractivity contribution in [3.8, 4) is 0 Å². The van der Waals surface area contributed by atoms with Gasteiger partial charge in [0.1, 0.15) is 0 Å². The van der Waals surface area contributed by atoms with Gasteiger partial charge < -0.3 is 0 Å². The van der Waals surface area contributed by atoms with E-state index in [-0.39, 0.29) is 0 Å². The van der Waals surface area contributed by atoms with E-state index in [1.54, 1.807) is 0 Å². The maximum atomic E-state index is 2.29. The Bertz CT molecular complexity index is 152. The average molecular weight is 161 g/mol. The molecule has 0 heteroatoms. The van der Waals surface area contributed by atoms with Gasteiger partial charge in [-0.05, 0) is 32.1 Å². The standard InChI is InChI=1S/C12H17/c1-2-4-6-8-10-12-11-9-7-5-3-1/h1-5,8,10H,6-7,9,11-12H2/b4-2+,5-3+,10-8-. The van der Waals surface area contributed by atoms with Gasteiger partial charge in [-0.2, -0.15) is 0 Å². The molecule has 1 rings (SSSR count). The predicted octanol–water partition coefficient (Wildman–Crippen LogP) is 3.82. The molecule has 0 unspecified atom stereocenters. The van der Waals surface area contributed by atoms with Crippen molar-refractivity contribution in [3.05, 3.63) is 42.9 Å². The Labute approximate surface area is 75.7 Å². The highest BCUT2D eigenvalue weighted by atomic mass is 13.9. The molecule has 1 aliphatic carbocycles. The van der Waals surface area contributed by atoms with Gasteiger partial charge in [0.05, 0.1) is 0 Å². The number of hydrogen-bond donors (Lipinski definition) is 0. The Morgan fingerprint density at radius 3 is 2.33 bits per heavy atom. The lowest BCUT2D eigenvalue weighted by Gasteiger charge is -1.93. The molecule has 0 spiro atoms. The predicted molar refractivity (Wildman–Crippen MR) is 54.8 cm³/mol. The lowest BCUT2D eigenvalue weighted by Crippen LogP contribution is -1.74. The van der Waals surface area contributed by atoms with Crippen molar-refractivity contribution in [1.82, 2.24) is 0 Å². The van der Waals surface area contributed by atoms with Gasteiger partial charge in [0.2, 0.25) is 0 Å². The molecule has 0 aliphatic heterocycles. The quantitative estimate of drug-likeness (QED) is 0.474. The fourth-order valence-electron chi connectivity index (χ4n) is 1.21. The fourth-order valence-corrected chi connectivity index (χ4v) is 1.21. The van der Waals surface area contributed by atoms with Crippen molar-refractivity contribution in [3.63, 3.8) is 0 Å². The van der Waals surface area contributed by atoms with Gasteiger partial charge in [-0.3, -0.25) is 0 Å². The van der Waals surface area contributed by atoms with Crippen molar-refractivity contribution >= 4 is 0 Å². The maximum Gasteiger partial charge on any atom is 0.00442 e. The third kappa shape index (κ3) is 4.95. The molecule has 12 heavy (non-hydrogen) atoms. The third-order valence-corrected chi connectivity index (χ3v) is 1.92. The lowest BCUT2D eigenvalue weighted by atomic mass is 10.1. The van der Waals surface area contributed by atoms with Gasteiger partial charge in [0.25, 0.3) is 0 Å². The van der Waals surface area contributed by atoms with Gasteiger partial charge in [-0.25, -0.2) is 0 Å². The monoisotopic (exact) mass is 161 g/mol. The first-order valence-electron chi connectivity index (χ1n) is 4.80. The van der Waals surface area contributed by atoms with E-state index < -0.39 is 0 Å². The van der Waals surface area contributed by atoms with Crippen LogP contribution in [0.2, 0.25) is 0 Å². The van der Waals surface area contributed by atoms with E-state index in [2.05, 4.69) is 42.9 Å². The molecule has 0 bridgehead atoms. The highest BCUT2D eigenvalue weighted by molar-refractivity contribution is 5.09. The molecule has 0 amide bonds. The van der Waals surface area contributed by atoms with Crippen LogP contribution in [0.15, 0.2) is 36.5 Å². The third-order valence-electron chi connectivity index (χ3n) is 1.92. The van der Waals surface area contributed by atoms with Gasteiger partial charge in [0.15, 0.2) is 0 Å². The Morgan fingerprint density at radius 2 is 1.42 bits per heavy atom. The van der Waals surface area contributed by atoms with E-state index in [1.165, 1.54) is 25.7 Å². The normalized spacial score (nSPS) is 28.0. The zero-order valence-electron chi connectivity index (χ0n) is 7.58. The molecule has 0 aromatic rings. The first kappa shape index (κ1) is 9.31. The highest BCUT2D eigenvalue weighted by Crippen LogP contribution is 2.04. The van der Waals surface area contributed by atoms with E-state index >= 15 is 0 Å². The molecule has 1 radical (unpaired) electrons. The van der Waals surface area contributed by atoms with Crippen LogP contribution in [0.5, 0.6) is 0 Å². The number of rotatable bonds is 0. The van der Waals surface area contributed by atoms with E-state index in [0.29, 0.717) is 0 Å². The van der Waals surface area contributed by atoms with Gasteiger partial charge in [-0.1, -0.05) is 36.5 Å². The molecule has 0 heterocycles. The van der Waals surface area contributed by atoms with Crippen molar-refractivity contribution < 1.29 is 0 Å². The summed E-state index contributed by atoms with van der Waals surface area (Å²) in [4.78, 5) is 0. The summed E-state index contributed by atoms with van der Waals surface area (Å²) in [5.74, 6) is 0. The molecule has 1 aliphatic rings. The van der Waals surface area contributed by atoms with Crippen molar-refractivity contribution in [2.45, 2.75) is 32.1 Å². The Kier molecular flexibility index (Phi) is 5.35. The zero-order chi connectivity index (χ0) is 8.49. The average Bonchev–Trinajstić information content (AvgIpc) is 2.05. The molecular formula is C12H17. The minimum Gasteiger partial charge on any atom is -0.0882 e.